The Balaban J connectivity index is 1.92. The van der Waals surface area contributed by atoms with Gasteiger partial charge in [-0.2, -0.15) is 5.10 Å². The van der Waals surface area contributed by atoms with Crippen LogP contribution in [0.3, 0.4) is 0 Å². The number of carboxylic acids is 1. The molecule has 8 heteroatoms. The highest BCUT2D eigenvalue weighted by atomic mass is 16.5. The fourth-order valence-electron chi connectivity index (χ4n) is 2.73. The van der Waals surface area contributed by atoms with Crippen LogP contribution in [0.15, 0.2) is 60.3 Å². The lowest BCUT2D eigenvalue weighted by molar-refractivity contribution is -0.132. The van der Waals surface area contributed by atoms with E-state index < -0.39 is 11.9 Å². The van der Waals surface area contributed by atoms with E-state index in [9.17, 15) is 14.7 Å². The Morgan fingerprint density at radius 2 is 1.79 bits per heavy atom. The molecule has 0 aliphatic carbocycles. The summed E-state index contributed by atoms with van der Waals surface area (Å²) in [6.07, 6.45) is 1.31. The normalized spacial score (nSPS) is 11.2. The van der Waals surface area contributed by atoms with Crippen LogP contribution >= 0.6 is 0 Å². The summed E-state index contributed by atoms with van der Waals surface area (Å²) in [5.74, 6) is -0.996. The minimum atomic E-state index is -1.29. The van der Waals surface area contributed by atoms with Crippen LogP contribution in [0.2, 0.25) is 0 Å². The average molecular weight is 392 g/mol. The van der Waals surface area contributed by atoms with Crippen molar-refractivity contribution in [3.05, 3.63) is 77.1 Å². The van der Waals surface area contributed by atoms with Gasteiger partial charge in [-0.05, 0) is 49.4 Å². The third kappa shape index (κ3) is 4.27. The molecule has 3 rings (SSSR count). The molecule has 1 amide bonds. The molecule has 29 heavy (non-hydrogen) atoms. The Bertz CT molecular complexity index is 1070. The number of carboxylic acid groups (broad SMARTS) is 1. The quantitative estimate of drug-likeness (QED) is 0.555. The maximum atomic E-state index is 12.4. The lowest BCUT2D eigenvalue weighted by atomic mass is 10.1. The van der Waals surface area contributed by atoms with Gasteiger partial charge < -0.3 is 20.9 Å². The van der Waals surface area contributed by atoms with Crippen molar-refractivity contribution in [1.29, 1.82) is 0 Å². The van der Waals surface area contributed by atoms with Gasteiger partial charge in [0.1, 0.15) is 17.3 Å². The second kappa shape index (κ2) is 8.30. The van der Waals surface area contributed by atoms with Gasteiger partial charge in [-0.25, -0.2) is 9.48 Å². The van der Waals surface area contributed by atoms with Gasteiger partial charge in [0.05, 0.1) is 18.5 Å². The van der Waals surface area contributed by atoms with E-state index in [0.29, 0.717) is 22.6 Å². The summed E-state index contributed by atoms with van der Waals surface area (Å²) < 4.78 is 6.57. The van der Waals surface area contributed by atoms with Crippen LogP contribution in [-0.4, -0.2) is 33.9 Å². The van der Waals surface area contributed by atoms with Crippen LogP contribution in [0.5, 0.6) is 5.75 Å². The number of amides is 1. The zero-order valence-corrected chi connectivity index (χ0v) is 15.9. The number of ether oxygens (including phenoxy) is 1. The number of anilines is 1. The Kier molecular flexibility index (Phi) is 5.64. The number of nitrogens with two attached hydrogens (primary N) is 1. The molecular weight excluding hydrogens is 372 g/mol. The first-order valence-electron chi connectivity index (χ1n) is 8.71. The number of aromatic nitrogens is 2. The SMILES string of the molecule is COc1ccc(C(=O)N/C(=C/c2c(C)nn(-c3ccccc3)c2N)C(=O)O)cc1. The maximum Gasteiger partial charge on any atom is 0.352 e. The molecule has 0 radical (unpaired) electrons. The Morgan fingerprint density at radius 3 is 2.38 bits per heavy atom. The molecule has 2 aromatic carbocycles. The highest BCUT2D eigenvalue weighted by Crippen LogP contribution is 2.23. The van der Waals surface area contributed by atoms with Gasteiger partial charge in [0.2, 0.25) is 0 Å². The van der Waals surface area contributed by atoms with E-state index in [0.717, 1.165) is 5.69 Å². The number of carbonyl (C=O) groups excluding carboxylic acids is 1. The molecule has 0 spiro atoms. The standard InChI is InChI=1S/C21H20N4O4/c1-13-17(19(22)25(24-13)15-6-4-3-5-7-15)12-18(21(27)28)23-20(26)14-8-10-16(29-2)11-9-14/h3-12H,22H2,1-2H3,(H,23,26)(H,27,28)/b18-12+. The summed E-state index contributed by atoms with van der Waals surface area (Å²) >= 11 is 0. The van der Waals surface area contributed by atoms with Crippen molar-refractivity contribution in [1.82, 2.24) is 15.1 Å². The van der Waals surface area contributed by atoms with Crippen molar-refractivity contribution in [3.8, 4) is 11.4 Å². The van der Waals surface area contributed by atoms with E-state index in [4.69, 9.17) is 10.5 Å². The van der Waals surface area contributed by atoms with Gasteiger partial charge in [0.15, 0.2) is 0 Å². The van der Waals surface area contributed by atoms with Gasteiger partial charge in [0, 0.05) is 11.1 Å². The van der Waals surface area contributed by atoms with Gasteiger partial charge >= 0.3 is 5.97 Å². The highest BCUT2D eigenvalue weighted by molar-refractivity contribution is 6.03. The number of aliphatic carboxylic acids is 1. The van der Waals surface area contributed by atoms with Crippen molar-refractivity contribution in [2.24, 2.45) is 0 Å². The highest BCUT2D eigenvalue weighted by Gasteiger charge is 2.18. The molecule has 0 aliphatic heterocycles. The molecule has 1 aromatic heterocycles. The first kappa shape index (κ1) is 19.7. The van der Waals surface area contributed by atoms with Crippen molar-refractivity contribution < 1.29 is 19.4 Å². The molecule has 0 aliphatic rings. The predicted molar refractivity (Wildman–Crippen MR) is 109 cm³/mol. The van der Waals surface area contributed by atoms with E-state index in [1.165, 1.54) is 17.9 Å². The zero-order valence-electron chi connectivity index (χ0n) is 15.9. The van der Waals surface area contributed by atoms with Gasteiger partial charge in [0.25, 0.3) is 5.91 Å². The lowest BCUT2D eigenvalue weighted by Crippen LogP contribution is -2.27. The van der Waals surface area contributed by atoms with Crippen LogP contribution < -0.4 is 15.8 Å². The van der Waals surface area contributed by atoms with Crippen molar-refractivity contribution in [2.45, 2.75) is 6.92 Å². The molecular formula is C21H20N4O4. The van der Waals surface area contributed by atoms with Crippen LogP contribution in [0.4, 0.5) is 5.82 Å². The molecule has 0 unspecified atom stereocenters. The van der Waals surface area contributed by atoms with Crippen LogP contribution in [-0.2, 0) is 4.79 Å². The summed E-state index contributed by atoms with van der Waals surface area (Å²) in [5.41, 5.74) is 7.87. The maximum absolute atomic E-state index is 12.4. The summed E-state index contributed by atoms with van der Waals surface area (Å²) in [5, 5.41) is 16.3. The molecule has 0 saturated heterocycles. The number of rotatable bonds is 6. The molecule has 0 atom stereocenters. The number of carbonyl (C=O) groups is 2. The Labute approximate surface area is 167 Å². The molecule has 0 bridgehead atoms. The van der Waals surface area contributed by atoms with Gasteiger partial charge in [-0.15, -0.1) is 0 Å². The van der Waals surface area contributed by atoms with E-state index in [1.807, 2.05) is 30.3 Å². The molecule has 3 aromatic rings. The number of para-hydroxylation sites is 1. The number of hydrogen-bond donors (Lipinski definition) is 3. The summed E-state index contributed by atoms with van der Waals surface area (Å²) in [7, 11) is 1.52. The molecule has 148 valence electrons. The predicted octanol–water partition coefficient (Wildman–Crippen LogP) is 2.63. The van der Waals surface area contributed by atoms with Crippen LogP contribution in [0, 0.1) is 6.92 Å². The van der Waals surface area contributed by atoms with E-state index >= 15 is 0 Å². The lowest BCUT2D eigenvalue weighted by Gasteiger charge is -2.07. The van der Waals surface area contributed by atoms with E-state index in [2.05, 4.69) is 10.4 Å². The fraction of sp³-hybridized carbons (Fsp3) is 0.0952. The summed E-state index contributed by atoms with van der Waals surface area (Å²) in [6, 6.07) is 15.5. The second-order valence-electron chi connectivity index (χ2n) is 6.18. The largest absolute Gasteiger partial charge is 0.497 e. The molecule has 0 fully saturated rings. The van der Waals surface area contributed by atoms with E-state index in [1.54, 1.807) is 31.2 Å². The third-order valence-corrected chi connectivity index (χ3v) is 4.26. The topological polar surface area (TPSA) is 119 Å². The number of nitrogen functional groups attached to an aromatic ring is 1. The second-order valence-corrected chi connectivity index (χ2v) is 6.18. The monoisotopic (exact) mass is 392 g/mol. The summed E-state index contributed by atoms with van der Waals surface area (Å²) in [4.78, 5) is 24.1. The van der Waals surface area contributed by atoms with Crippen molar-refractivity contribution >= 4 is 23.8 Å². The number of methoxy groups -OCH3 is 1. The minimum Gasteiger partial charge on any atom is -0.497 e. The molecule has 8 nitrogen and oxygen atoms in total. The first-order valence-corrected chi connectivity index (χ1v) is 8.71. The number of benzene rings is 2. The van der Waals surface area contributed by atoms with Crippen LogP contribution in [0.25, 0.3) is 11.8 Å². The Morgan fingerprint density at radius 1 is 1.14 bits per heavy atom. The molecule has 0 saturated carbocycles. The van der Waals surface area contributed by atoms with Gasteiger partial charge in [-0.3, -0.25) is 4.79 Å². The number of nitrogens with zero attached hydrogens (tertiary/aromatic N) is 2. The van der Waals surface area contributed by atoms with Crippen LogP contribution in [0.1, 0.15) is 21.6 Å². The number of hydrogen-bond acceptors (Lipinski definition) is 5. The fourth-order valence-corrected chi connectivity index (χ4v) is 2.73. The van der Waals surface area contributed by atoms with Gasteiger partial charge in [-0.1, -0.05) is 18.2 Å². The average Bonchev–Trinajstić information content (AvgIpc) is 3.02. The first-order chi connectivity index (χ1) is 13.9. The number of nitrogens with one attached hydrogen (secondary N) is 1. The Hall–Kier alpha value is -4.07. The zero-order chi connectivity index (χ0) is 21.0. The van der Waals surface area contributed by atoms with Crippen molar-refractivity contribution in [2.75, 3.05) is 12.8 Å². The number of aryl methyl sites for hydroxylation is 1. The third-order valence-electron chi connectivity index (χ3n) is 4.26. The molecule has 1 heterocycles. The molecule has 4 N–H and O–H groups in total. The minimum absolute atomic E-state index is 0.270. The van der Waals surface area contributed by atoms with E-state index in [-0.39, 0.29) is 11.5 Å². The van der Waals surface area contributed by atoms with Crippen molar-refractivity contribution in [3.63, 3.8) is 0 Å². The summed E-state index contributed by atoms with van der Waals surface area (Å²) in [6.45, 7) is 1.71. The smallest absolute Gasteiger partial charge is 0.352 e.